The molecule has 0 aliphatic heterocycles. The van der Waals surface area contributed by atoms with Gasteiger partial charge in [-0.25, -0.2) is 4.39 Å². The molecule has 0 spiro atoms. The summed E-state index contributed by atoms with van der Waals surface area (Å²) in [6, 6.07) is 1.42. The lowest BCUT2D eigenvalue weighted by Gasteiger charge is -2.36. The molecule has 0 aromatic heterocycles. The van der Waals surface area contributed by atoms with Crippen LogP contribution in [0.3, 0.4) is 0 Å². The van der Waals surface area contributed by atoms with Gasteiger partial charge in [0.05, 0.1) is 22.7 Å². The van der Waals surface area contributed by atoms with Crippen molar-refractivity contribution >= 4 is 28.7 Å². The fourth-order valence-electron chi connectivity index (χ4n) is 2.90. The van der Waals surface area contributed by atoms with E-state index in [-0.39, 0.29) is 28.6 Å². The standard InChI is InChI=1S/C15H23ClFN3O/c1-2-9-3-5-15(21,6-4-9)8-20-14-11(19)7-10(18)12(16)13(14)17/h7,9,20-21H,2-6,8,18-19H2,1H3. The molecule has 0 atom stereocenters. The van der Waals surface area contributed by atoms with Crippen LogP contribution >= 0.6 is 11.6 Å². The molecule has 6 heteroatoms. The smallest absolute Gasteiger partial charge is 0.169 e. The van der Waals surface area contributed by atoms with E-state index in [1.165, 1.54) is 6.07 Å². The van der Waals surface area contributed by atoms with Crippen molar-refractivity contribution in [2.75, 3.05) is 23.3 Å². The minimum Gasteiger partial charge on any atom is -0.397 e. The second kappa shape index (κ2) is 6.28. The van der Waals surface area contributed by atoms with E-state index >= 15 is 0 Å². The number of aliphatic hydroxyl groups is 1. The average molecular weight is 316 g/mol. The van der Waals surface area contributed by atoms with E-state index in [1.807, 2.05) is 0 Å². The van der Waals surface area contributed by atoms with Gasteiger partial charge in [0, 0.05) is 6.54 Å². The number of halogens is 2. The van der Waals surface area contributed by atoms with Crippen LogP contribution in [0.15, 0.2) is 6.07 Å². The predicted molar refractivity (Wildman–Crippen MR) is 85.9 cm³/mol. The topological polar surface area (TPSA) is 84.3 Å². The van der Waals surface area contributed by atoms with Crippen molar-refractivity contribution in [1.29, 1.82) is 0 Å². The molecule has 0 unspecified atom stereocenters. The van der Waals surface area contributed by atoms with Crippen LogP contribution in [0.5, 0.6) is 0 Å². The Morgan fingerprint density at radius 1 is 1.38 bits per heavy atom. The van der Waals surface area contributed by atoms with Gasteiger partial charge in [-0.2, -0.15) is 0 Å². The van der Waals surface area contributed by atoms with Crippen LogP contribution in [0.4, 0.5) is 21.5 Å². The highest BCUT2D eigenvalue weighted by atomic mass is 35.5. The highest BCUT2D eigenvalue weighted by molar-refractivity contribution is 6.33. The molecule has 1 aliphatic rings. The van der Waals surface area contributed by atoms with Crippen LogP contribution in [0, 0.1) is 11.7 Å². The fourth-order valence-corrected chi connectivity index (χ4v) is 3.05. The molecule has 21 heavy (non-hydrogen) atoms. The normalized spacial score (nSPS) is 25.8. The monoisotopic (exact) mass is 315 g/mol. The van der Waals surface area contributed by atoms with Crippen molar-refractivity contribution in [3.8, 4) is 0 Å². The van der Waals surface area contributed by atoms with Crippen LogP contribution in [0.25, 0.3) is 0 Å². The molecule has 0 radical (unpaired) electrons. The number of anilines is 3. The second-order valence-electron chi connectivity index (χ2n) is 5.99. The Kier molecular flexibility index (Phi) is 4.84. The molecule has 118 valence electrons. The predicted octanol–water partition coefficient (Wildman–Crippen LogP) is 3.39. The van der Waals surface area contributed by atoms with Crippen LogP contribution in [0.1, 0.15) is 39.0 Å². The Balaban J connectivity index is 2.05. The molecule has 1 fully saturated rings. The van der Waals surface area contributed by atoms with Gasteiger partial charge in [0.25, 0.3) is 0 Å². The first kappa shape index (κ1) is 16.2. The molecule has 0 amide bonds. The minimum absolute atomic E-state index is 0.111. The summed E-state index contributed by atoms with van der Waals surface area (Å²) in [5.74, 6) is 0.0121. The van der Waals surface area contributed by atoms with E-state index in [9.17, 15) is 9.50 Å². The minimum atomic E-state index is -0.821. The summed E-state index contributed by atoms with van der Waals surface area (Å²) >= 11 is 5.79. The van der Waals surface area contributed by atoms with Gasteiger partial charge in [0.15, 0.2) is 5.82 Å². The molecule has 1 aromatic carbocycles. The van der Waals surface area contributed by atoms with Gasteiger partial charge >= 0.3 is 0 Å². The molecule has 6 N–H and O–H groups in total. The van der Waals surface area contributed by atoms with Crippen LogP contribution < -0.4 is 16.8 Å². The van der Waals surface area contributed by atoms with Gasteiger partial charge in [-0.3, -0.25) is 0 Å². The lowest BCUT2D eigenvalue weighted by atomic mass is 9.78. The molecule has 2 rings (SSSR count). The maximum absolute atomic E-state index is 14.1. The van der Waals surface area contributed by atoms with Crippen molar-refractivity contribution in [3.63, 3.8) is 0 Å². The highest BCUT2D eigenvalue weighted by Crippen LogP contribution is 2.36. The van der Waals surface area contributed by atoms with Crippen molar-refractivity contribution in [3.05, 3.63) is 16.9 Å². The molecule has 1 aliphatic carbocycles. The third-order valence-electron chi connectivity index (χ3n) is 4.47. The summed E-state index contributed by atoms with van der Waals surface area (Å²) in [4.78, 5) is 0. The average Bonchev–Trinajstić information content (AvgIpc) is 2.45. The van der Waals surface area contributed by atoms with E-state index < -0.39 is 11.4 Å². The van der Waals surface area contributed by atoms with Gasteiger partial charge in [-0.15, -0.1) is 0 Å². The summed E-state index contributed by atoms with van der Waals surface area (Å²) in [6.45, 7) is 2.42. The number of rotatable bonds is 4. The van der Waals surface area contributed by atoms with Gasteiger partial charge in [0.1, 0.15) is 5.02 Å². The second-order valence-corrected chi connectivity index (χ2v) is 6.37. The molecule has 1 aromatic rings. The SMILES string of the molecule is CCC1CCC(O)(CNc2c(N)cc(N)c(Cl)c2F)CC1. The Morgan fingerprint density at radius 3 is 2.57 bits per heavy atom. The molecular formula is C15H23ClFN3O. The first-order valence-corrected chi connectivity index (χ1v) is 7.73. The Bertz CT molecular complexity index is 516. The summed E-state index contributed by atoms with van der Waals surface area (Å²) in [5, 5.41) is 13.3. The molecule has 0 saturated heterocycles. The number of nitrogens with one attached hydrogen (secondary N) is 1. The zero-order valence-electron chi connectivity index (χ0n) is 12.3. The van der Waals surface area contributed by atoms with Crippen molar-refractivity contribution in [2.45, 2.75) is 44.6 Å². The molecule has 4 nitrogen and oxygen atoms in total. The zero-order chi connectivity index (χ0) is 15.6. The first-order chi connectivity index (χ1) is 9.86. The van der Waals surface area contributed by atoms with Gasteiger partial charge in [-0.1, -0.05) is 24.9 Å². The summed E-state index contributed by atoms with van der Waals surface area (Å²) in [6.07, 6.45) is 4.55. The Morgan fingerprint density at radius 2 is 2.00 bits per heavy atom. The number of hydrogen-bond donors (Lipinski definition) is 4. The van der Waals surface area contributed by atoms with Crippen molar-refractivity contribution in [2.24, 2.45) is 5.92 Å². The van der Waals surface area contributed by atoms with Crippen LogP contribution in [-0.2, 0) is 0 Å². The quantitative estimate of drug-likeness (QED) is 0.642. The largest absolute Gasteiger partial charge is 0.397 e. The lowest BCUT2D eigenvalue weighted by Crippen LogP contribution is -2.40. The lowest BCUT2D eigenvalue weighted by molar-refractivity contribution is 0.00227. The van der Waals surface area contributed by atoms with E-state index in [0.717, 1.165) is 19.3 Å². The third-order valence-corrected chi connectivity index (χ3v) is 4.86. The van der Waals surface area contributed by atoms with E-state index in [1.54, 1.807) is 0 Å². The third kappa shape index (κ3) is 3.52. The fraction of sp³-hybridized carbons (Fsp3) is 0.600. The van der Waals surface area contributed by atoms with Crippen molar-refractivity contribution < 1.29 is 9.50 Å². The van der Waals surface area contributed by atoms with Crippen LogP contribution in [0.2, 0.25) is 5.02 Å². The molecule has 0 bridgehead atoms. The van der Waals surface area contributed by atoms with E-state index in [2.05, 4.69) is 12.2 Å². The molecule has 0 heterocycles. The molecular weight excluding hydrogens is 293 g/mol. The highest BCUT2D eigenvalue weighted by Gasteiger charge is 2.32. The first-order valence-electron chi connectivity index (χ1n) is 7.35. The van der Waals surface area contributed by atoms with Gasteiger partial charge < -0.3 is 21.9 Å². The van der Waals surface area contributed by atoms with E-state index in [0.29, 0.717) is 18.8 Å². The zero-order valence-corrected chi connectivity index (χ0v) is 13.0. The van der Waals surface area contributed by atoms with E-state index in [4.69, 9.17) is 23.1 Å². The molecule has 1 saturated carbocycles. The number of nitrogen functional groups attached to an aromatic ring is 2. The van der Waals surface area contributed by atoms with Gasteiger partial charge in [-0.05, 0) is 37.7 Å². The number of nitrogens with two attached hydrogens (primary N) is 2. The summed E-state index contributed by atoms with van der Waals surface area (Å²) in [5.41, 5.74) is 10.9. The van der Waals surface area contributed by atoms with Crippen molar-refractivity contribution in [1.82, 2.24) is 0 Å². The maximum atomic E-state index is 14.1. The Labute approximate surface area is 129 Å². The van der Waals surface area contributed by atoms with Gasteiger partial charge in [0.2, 0.25) is 0 Å². The summed E-state index contributed by atoms with van der Waals surface area (Å²) < 4.78 is 14.1. The number of hydrogen-bond acceptors (Lipinski definition) is 4. The summed E-state index contributed by atoms with van der Waals surface area (Å²) in [7, 11) is 0. The van der Waals surface area contributed by atoms with Crippen LogP contribution in [-0.4, -0.2) is 17.3 Å². The maximum Gasteiger partial charge on any atom is 0.169 e. The Hall–Kier alpha value is -1.20. The number of benzene rings is 1.